The highest BCUT2D eigenvalue weighted by Gasteiger charge is 2.04. The van der Waals surface area contributed by atoms with E-state index in [9.17, 15) is 0 Å². The van der Waals surface area contributed by atoms with Crippen LogP contribution in [0.25, 0.3) is 0 Å². The number of benzene rings is 2. The fraction of sp³-hybridized carbons (Fsp3) is 0.278. The summed E-state index contributed by atoms with van der Waals surface area (Å²) in [6.45, 7) is 1.25. The maximum atomic E-state index is 6.13. The molecule has 0 heterocycles. The third-order valence-electron chi connectivity index (χ3n) is 3.58. The number of nitrogens with two attached hydrogens (primary N) is 1. The van der Waals surface area contributed by atoms with Gasteiger partial charge in [0.25, 0.3) is 0 Å². The zero-order valence-corrected chi connectivity index (χ0v) is 17.8. The number of hydrogen-bond acceptors (Lipinski definition) is 2. The zero-order chi connectivity index (χ0) is 17.4. The highest BCUT2D eigenvalue weighted by Crippen LogP contribution is 2.24. The van der Waals surface area contributed by atoms with Crippen LogP contribution in [0, 0.1) is 0 Å². The highest BCUT2D eigenvalue weighted by molar-refractivity contribution is 14.0. The van der Waals surface area contributed by atoms with Crippen LogP contribution in [0.4, 0.5) is 0 Å². The molecule has 0 aliphatic carbocycles. The number of aliphatic imine (C=N–C) groups is 1. The Hall–Kier alpha value is -1.18. The molecule has 0 radical (unpaired) electrons. The molecule has 0 aliphatic heterocycles. The Morgan fingerprint density at radius 2 is 1.72 bits per heavy atom. The van der Waals surface area contributed by atoms with Crippen molar-refractivity contribution in [3.63, 3.8) is 0 Å². The van der Waals surface area contributed by atoms with E-state index >= 15 is 0 Å². The van der Waals surface area contributed by atoms with Gasteiger partial charge in [0.15, 0.2) is 5.96 Å². The Balaban J connectivity index is 0.00000312. The molecule has 0 atom stereocenters. The molecule has 25 heavy (non-hydrogen) atoms. The summed E-state index contributed by atoms with van der Waals surface area (Å²) < 4.78 is 5.14. The van der Waals surface area contributed by atoms with Gasteiger partial charge in [0.2, 0.25) is 0 Å². The van der Waals surface area contributed by atoms with Crippen LogP contribution >= 0.6 is 47.2 Å². The summed E-state index contributed by atoms with van der Waals surface area (Å²) >= 11 is 12.3. The molecule has 2 rings (SSSR count). The summed E-state index contributed by atoms with van der Waals surface area (Å²) in [4.78, 5) is 4.31. The van der Waals surface area contributed by atoms with E-state index < -0.39 is 0 Å². The Morgan fingerprint density at radius 3 is 2.32 bits per heavy atom. The van der Waals surface area contributed by atoms with E-state index in [1.165, 1.54) is 5.56 Å². The van der Waals surface area contributed by atoms with Gasteiger partial charge in [-0.1, -0.05) is 41.4 Å². The van der Waals surface area contributed by atoms with Crippen molar-refractivity contribution in [3.05, 3.63) is 63.6 Å². The number of nitrogens with zero attached hydrogens (tertiary/aromatic N) is 1. The molecule has 0 aliphatic rings. The van der Waals surface area contributed by atoms with Gasteiger partial charge in [0, 0.05) is 23.1 Å². The van der Waals surface area contributed by atoms with Crippen molar-refractivity contribution in [1.82, 2.24) is 5.32 Å². The summed E-state index contributed by atoms with van der Waals surface area (Å²) in [6, 6.07) is 13.4. The van der Waals surface area contributed by atoms with Crippen LogP contribution < -0.4 is 15.8 Å². The van der Waals surface area contributed by atoms with Crippen LogP contribution in [-0.2, 0) is 12.8 Å². The van der Waals surface area contributed by atoms with Gasteiger partial charge >= 0.3 is 0 Å². The van der Waals surface area contributed by atoms with Gasteiger partial charge in [-0.3, -0.25) is 4.99 Å². The second kappa shape index (κ2) is 11.4. The lowest BCUT2D eigenvalue weighted by Gasteiger charge is -2.08. The van der Waals surface area contributed by atoms with Crippen molar-refractivity contribution in [2.45, 2.75) is 12.8 Å². The van der Waals surface area contributed by atoms with E-state index in [-0.39, 0.29) is 24.0 Å². The predicted molar refractivity (Wildman–Crippen MR) is 117 cm³/mol. The predicted octanol–water partition coefficient (Wildman–Crippen LogP) is 4.31. The third kappa shape index (κ3) is 7.30. The summed E-state index contributed by atoms with van der Waals surface area (Å²) in [7, 11) is 1.66. The molecule has 0 saturated carbocycles. The molecule has 0 saturated heterocycles. The minimum atomic E-state index is 0. The van der Waals surface area contributed by atoms with Crippen LogP contribution in [-0.4, -0.2) is 26.2 Å². The van der Waals surface area contributed by atoms with Gasteiger partial charge in [0.1, 0.15) is 5.75 Å². The first-order chi connectivity index (χ1) is 11.6. The van der Waals surface area contributed by atoms with Gasteiger partial charge in [-0.05, 0) is 48.2 Å². The van der Waals surface area contributed by atoms with Crippen LogP contribution in [0.3, 0.4) is 0 Å². The van der Waals surface area contributed by atoms with Crippen molar-refractivity contribution in [3.8, 4) is 5.75 Å². The summed E-state index contributed by atoms with van der Waals surface area (Å²) in [5.74, 6) is 1.28. The van der Waals surface area contributed by atoms with Crippen LogP contribution in [0.1, 0.15) is 11.1 Å². The molecule has 136 valence electrons. The van der Waals surface area contributed by atoms with Crippen molar-refractivity contribution < 1.29 is 4.74 Å². The number of nitrogens with one attached hydrogen (secondary N) is 1. The van der Waals surface area contributed by atoms with Crippen LogP contribution in [0.2, 0.25) is 10.0 Å². The smallest absolute Gasteiger partial charge is 0.188 e. The lowest BCUT2D eigenvalue weighted by Crippen LogP contribution is -2.33. The van der Waals surface area contributed by atoms with Crippen LogP contribution in [0.5, 0.6) is 5.75 Å². The molecule has 0 spiro atoms. The lowest BCUT2D eigenvalue weighted by atomic mass is 10.1. The fourth-order valence-corrected chi connectivity index (χ4v) is 2.83. The van der Waals surface area contributed by atoms with Crippen LogP contribution in [0.15, 0.2) is 47.5 Å². The van der Waals surface area contributed by atoms with E-state index in [1.54, 1.807) is 7.11 Å². The van der Waals surface area contributed by atoms with Crippen molar-refractivity contribution in [2.75, 3.05) is 20.2 Å². The van der Waals surface area contributed by atoms with E-state index in [1.807, 2.05) is 42.5 Å². The number of hydrogen-bond donors (Lipinski definition) is 2. The standard InChI is InChI=1S/C18H21Cl2N3O.HI/c1-24-14-7-5-13(6-8-14)9-11-22-18(21)23-12-10-15-16(19)3-2-4-17(15)20;/h2-8H,9-12H2,1H3,(H3,21,22,23);1H. The molecule has 0 amide bonds. The minimum absolute atomic E-state index is 0. The minimum Gasteiger partial charge on any atom is -0.497 e. The largest absolute Gasteiger partial charge is 0.497 e. The number of ether oxygens (including phenoxy) is 1. The van der Waals surface area contributed by atoms with Gasteiger partial charge in [-0.25, -0.2) is 0 Å². The van der Waals surface area contributed by atoms with E-state index in [0.717, 1.165) is 17.7 Å². The van der Waals surface area contributed by atoms with E-state index in [0.29, 0.717) is 35.5 Å². The topological polar surface area (TPSA) is 59.6 Å². The maximum Gasteiger partial charge on any atom is 0.188 e. The maximum absolute atomic E-state index is 6.13. The molecule has 2 aromatic carbocycles. The Kier molecular flexibility index (Phi) is 10.0. The first-order valence-electron chi connectivity index (χ1n) is 7.69. The number of methoxy groups -OCH3 is 1. The fourth-order valence-electron chi connectivity index (χ4n) is 2.24. The molecule has 0 unspecified atom stereocenters. The molecule has 2 aromatic rings. The first kappa shape index (κ1) is 21.9. The number of rotatable bonds is 7. The average molecular weight is 494 g/mol. The van der Waals surface area contributed by atoms with Gasteiger partial charge < -0.3 is 15.8 Å². The molecular weight excluding hydrogens is 472 g/mol. The molecular formula is C18H22Cl2IN3O. The normalized spacial score (nSPS) is 10.9. The Bertz CT molecular complexity index is 673. The molecule has 0 aromatic heterocycles. The summed E-state index contributed by atoms with van der Waals surface area (Å²) in [5, 5.41) is 4.42. The number of guanidine groups is 1. The monoisotopic (exact) mass is 493 g/mol. The summed E-state index contributed by atoms with van der Waals surface area (Å²) in [6.07, 6.45) is 1.51. The second-order valence-electron chi connectivity index (χ2n) is 5.24. The molecule has 0 bridgehead atoms. The molecule has 0 fully saturated rings. The van der Waals surface area contributed by atoms with E-state index in [2.05, 4.69) is 10.3 Å². The molecule has 3 N–H and O–H groups in total. The average Bonchev–Trinajstić information content (AvgIpc) is 2.58. The summed E-state index contributed by atoms with van der Waals surface area (Å²) in [5.41, 5.74) is 7.98. The lowest BCUT2D eigenvalue weighted by molar-refractivity contribution is 0.414. The molecule has 4 nitrogen and oxygen atoms in total. The Morgan fingerprint density at radius 1 is 1.08 bits per heavy atom. The highest BCUT2D eigenvalue weighted by atomic mass is 127. The van der Waals surface area contributed by atoms with Gasteiger partial charge in [-0.15, -0.1) is 24.0 Å². The van der Waals surface area contributed by atoms with Gasteiger partial charge in [0.05, 0.1) is 7.11 Å². The number of halogens is 3. The second-order valence-corrected chi connectivity index (χ2v) is 6.06. The van der Waals surface area contributed by atoms with Crippen molar-refractivity contribution >= 4 is 53.1 Å². The third-order valence-corrected chi connectivity index (χ3v) is 4.29. The quantitative estimate of drug-likeness (QED) is 0.343. The van der Waals surface area contributed by atoms with Crippen molar-refractivity contribution in [2.24, 2.45) is 10.7 Å². The van der Waals surface area contributed by atoms with Crippen molar-refractivity contribution in [1.29, 1.82) is 0 Å². The SMILES string of the molecule is COc1ccc(CCNC(N)=NCCc2c(Cl)cccc2Cl)cc1.I. The molecule has 7 heteroatoms. The van der Waals surface area contributed by atoms with E-state index in [4.69, 9.17) is 33.7 Å². The Labute approximate surface area is 175 Å². The first-order valence-corrected chi connectivity index (χ1v) is 8.45. The van der Waals surface area contributed by atoms with Gasteiger partial charge in [-0.2, -0.15) is 0 Å². The zero-order valence-electron chi connectivity index (χ0n) is 14.0.